The zero-order chi connectivity index (χ0) is 22.2. The molecule has 32 heavy (non-hydrogen) atoms. The van der Waals surface area contributed by atoms with Crippen LogP contribution in [0.3, 0.4) is 0 Å². The van der Waals surface area contributed by atoms with Crippen LogP contribution in [0.2, 0.25) is 5.02 Å². The Bertz CT molecular complexity index is 1290. The van der Waals surface area contributed by atoms with Crippen molar-refractivity contribution < 1.29 is 9.32 Å². The van der Waals surface area contributed by atoms with E-state index in [4.69, 9.17) is 16.1 Å². The van der Waals surface area contributed by atoms with Crippen molar-refractivity contribution in [2.45, 2.75) is 32.7 Å². The molecule has 1 aromatic carbocycles. The molecule has 4 aromatic rings. The lowest BCUT2D eigenvalue weighted by atomic mass is 10.1. The first kappa shape index (κ1) is 20.3. The molecule has 0 radical (unpaired) electrons. The Balaban J connectivity index is 1.48. The molecule has 10 heteroatoms. The van der Waals surface area contributed by atoms with Gasteiger partial charge in [0.1, 0.15) is 11.7 Å². The summed E-state index contributed by atoms with van der Waals surface area (Å²) in [5.74, 6) is 0.633. The van der Waals surface area contributed by atoms with Gasteiger partial charge < -0.3 is 9.42 Å². The summed E-state index contributed by atoms with van der Waals surface area (Å²) in [6, 6.07) is 8.86. The average molecular weight is 450 g/mol. The Hall–Kier alpha value is -3.59. The third kappa shape index (κ3) is 3.54. The molecule has 1 aliphatic heterocycles. The number of pyridine rings is 1. The number of benzene rings is 1. The van der Waals surface area contributed by atoms with E-state index in [-0.39, 0.29) is 11.9 Å². The van der Waals surface area contributed by atoms with E-state index in [9.17, 15) is 4.79 Å². The van der Waals surface area contributed by atoms with Crippen molar-refractivity contribution in [2.24, 2.45) is 0 Å². The third-order valence-corrected chi connectivity index (χ3v) is 6.01. The van der Waals surface area contributed by atoms with Crippen LogP contribution in [0.1, 0.15) is 46.5 Å². The SMILES string of the molecule is Cc1ccc(-n2nccn2)c(C(=O)N2CCCC2c2nc(-c3cccc(Cl)c3C)no2)n1. The van der Waals surface area contributed by atoms with Gasteiger partial charge in [-0.15, -0.1) is 4.80 Å². The predicted octanol–water partition coefficient (Wildman–Crippen LogP) is 3.96. The van der Waals surface area contributed by atoms with Gasteiger partial charge in [-0.2, -0.15) is 15.2 Å². The lowest BCUT2D eigenvalue weighted by molar-refractivity contribution is 0.0703. The van der Waals surface area contributed by atoms with Crippen molar-refractivity contribution in [1.82, 2.24) is 35.0 Å². The number of nitrogens with zero attached hydrogens (tertiary/aromatic N) is 7. The summed E-state index contributed by atoms with van der Waals surface area (Å²) in [7, 11) is 0. The molecule has 5 rings (SSSR count). The third-order valence-electron chi connectivity index (χ3n) is 5.60. The monoisotopic (exact) mass is 449 g/mol. The molecule has 1 unspecified atom stereocenters. The molecule has 0 N–H and O–H groups in total. The fourth-order valence-electron chi connectivity index (χ4n) is 3.94. The topological polar surface area (TPSA) is 103 Å². The Morgan fingerprint density at radius 2 is 1.94 bits per heavy atom. The normalized spacial score (nSPS) is 16.0. The number of likely N-dealkylation sites (tertiary alicyclic amines) is 1. The number of amides is 1. The highest BCUT2D eigenvalue weighted by Gasteiger charge is 2.36. The second-order valence-corrected chi connectivity index (χ2v) is 8.07. The highest BCUT2D eigenvalue weighted by atomic mass is 35.5. The van der Waals surface area contributed by atoms with E-state index >= 15 is 0 Å². The number of hydrogen-bond acceptors (Lipinski definition) is 7. The fourth-order valence-corrected chi connectivity index (χ4v) is 4.12. The molecule has 162 valence electrons. The molecule has 0 aliphatic carbocycles. The lowest BCUT2D eigenvalue weighted by Crippen LogP contribution is -2.32. The van der Waals surface area contributed by atoms with E-state index in [1.54, 1.807) is 23.4 Å². The summed E-state index contributed by atoms with van der Waals surface area (Å²) >= 11 is 6.24. The molecular formula is C22H20ClN7O2. The number of halogens is 1. The molecule has 1 aliphatic rings. The number of aryl methyl sites for hydroxylation is 1. The Morgan fingerprint density at radius 1 is 1.12 bits per heavy atom. The summed E-state index contributed by atoms with van der Waals surface area (Å²) in [4.78, 5) is 25.8. The molecular weight excluding hydrogens is 430 g/mol. The van der Waals surface area contributed by atoms with Crippen LogP contribution in [-0.2, 0) is 0 Å². The standard InChI is InChI=1S/C22H20ClN7O2/c1-13-8-9-17(30-24-10-11-25-30)19(26-13)22(31)29-12-4-7-18(29)21-27-20(28-32-21)15-5-3-6-16(23)14(15)2/h3,5-6,8-11,18H,4,7,12H2,1-2H3. The van der Waals surface area contributed by atoms with Gasteiger partial charge >= 0.3 is 0 Å². The van der Waals surface area contributed by atoms with Crippen molar-refractivity contribution in [2.75, 3.05) is 6.54 Å². The van der Waals surface area contributed by atoms with Gasteiger partial charge in [0.15, 0.2) is 5.69 Å². The van der Waals surface area contributed by atoms with Crippen molar-refractivity contribution in [3.63, 3.8) is 0 Å². The summed E-state index contributed by atoms with van der Waals surface area (Å²) < 4.78 is 5.59. The molecule has 1 saturated heterocycles. The van der Waals surface area contributed by atoms with Gasteiger partial charge in [-0.05, 0) is 50.5 Å². The summed E-state index contributed by atoms with van der Waals surface area (Å²) in [6.07, 6.45) is 4.67. The zero-order valence-electron chi connectivity index (χ0n) is 17.6. The number of carbonyl (C=O) groups excluding carboxylic acids is 1. The molecule has 1 fully saturated rings. The highest BCUT2D eigenvalue weighted by Crippen LogP contribution is 2.34. The summed E-state index contributed by atoms with van der Waals surface area (Å²) in [5.41, 5.74) is 3.23. The fraction of sp³-hybridized carbons (Fsp3) is 0.273. The van der Waals surface area contributed by atoms with E-state index in [1.165, 1.54) is 4.80 Å². The maximum atomic E-state index is 13.6. The lowest BCUT2D eigenvalue weighted by Gasteiger charge is -2.22. The predicted molar refractivity (Wildman–Crippen MR) is 116 cm³/mol. The van der Waals surface area contributed by atoms with Crippen LogP contribution in [0.4, 0.5) is 0 Å². The number of hydrogen-bond donors (Lipinski definition) is 0. The van der Waals surface area contributed by atoms with Crippen LogP contribution in [-0.4, -0.2) is 47.5 Å². The van der Waals surface area contributed by atoms with Gasteiger partial charge in [0.05, 0.1) is 12.4 Å². The first-order valence-electron chi connectivity index (χ1n) is 10.3. The molecule has 0 bridgehead atoms. The van der Waals surface area contributed by atoms with E-state index in [0.717, 1.165) is 29.7 Å². The first-order chi connectivity index (χ1) is 15.5. The van der Waals surface area contributed by atoms with Crippen LogP contribution in [0.15, 0.2) is 47.2 Å². The smallest absolute Gasteiger partial charge is 0.275 e. The van der Waals surface area contributed by atoms with Crippen molar-refractivity contribution in [3.05, 3.63) is 70.6 Å². The van der Waals surface area contributed by atoms with Gasteiger partial charge in [0, 0.05) is 22.8 Å². The van der Waals surface area contributed by atoms with Gasteiger partial charge in [-0.1, -0.05) is 28.9 Å². The molecule has 9 nitrogen and oxygen atoms in total. The number of carbonyl (C=O) groups is 1. The average Bonchev–Trinajstić information content (AvgIpc) is 3.56. The second-order valence-electron chi connectivity index (χ2n) is 7.66. The molecule has 1 amide bonds. The first-order valence-corrected chi connectivity index (χ1v) is 10.6. The van der Waals surface area contributed by atoms with Gasteiger partial charge in [0.25, 0.3) is 5.91 Å². The number of aromatic nitrogens is 6. The molecule has 0 saturated carbocycles. The minimum atomic E-state index is -0.330. The Kier molecular flexibility index (Phi) is 5.18. The maximum Gasteiger partial charge on any atom is 0.275 e. The Labute approximate surface area is 189 Å². The van der Waals surface area contributed by atoms with Gasteiger partial charge in [0.2, 0.25) is 11.7 Å². The number of rotatable bonds is 4. The van der Waals surface area contributed by atoms with Crippen LogP contribution in [0.5, 0.6) is 0 Å². The molecule has 1 atom stereocenters. The molecule has 4 heterocycles. The summed E-state index contributed by atoms with van der Waals surface area (Å²) in [6.45, 7) is 4.32. The molecule has 0 spiro atoms. The van der Waals surface area contributed by atoms with E-state index in [1.807, 2.05) is 38.1 Å². The van der Waals surface area contributed by atoms with E-state index in [2.05, 4.69) is 25.3 Å². The minimum absolute atomic E-state index is 0.220. The quantitative estimate of drug-likeness (QED) is 0.464. The van der Waals surface area contributed by atoms with Crippen LogP contribution >= 0.6 is 11.6 Å². The Morgan fingerprint density at radius 3 is 2.75 bits per heavy atom. The van der Waals surface area contributed by atoms with Crippen molar-refractivity contribution in [3.8, 4) is 17.1 Å². The second kappa shape index (κ2) is 8.16. The zero-order valence-corrected chi connectivity index (χ0v) is 18.3. The van der Waals surface area contributed by atoms with Gasteiger partial charge in [-0.3, -0.25) is 4.79 Å². The highest BCUT2D eigenvalue weighted by molar-refractivity contribution is 6.31. The maximum absolute atomic E-state index is 13.6. The minimum Gasteiger partial charge on any atom is -0.337 e. The van der Waals surface area contributed by atoms with Crippen LogP contribution in [0, 0.1) is 13.8 Å². The van der Waals surface area contributed by atoms with E-state index < -0.39 is 0 Å². The van der Waals surface area contributed by atoms with Gasteiger partial charge in [-0.25, -0.2) is 4.98 Å². The van der Waals surface area contributed by atoms with Crippen LogP contribution in [0.25, 0.3) is 17.1 Å². The van der Waals surface area contributed by atoms with Crippen molar-refractivity contribution >= 4 is 17.5 Å². The largest absolute Gasteiger partial charge is 0.337 e. The van der Waals surface area contributed by atoms with E-state index in [0.29, 0.717) is 34.7 Å². The summed E-state index contributed by atoms with van der Waals surface area (Å²) in [5, 5.41) is 13.1. The van der Waals surface area contributed by atoms with Crippen molar-refractivity contribution in [1.29, 1.82) is 0 Å². The van der Waals surface area contributed by atoms with Crippen LogP contribution < -0.4 is 0 Å². The molecule has 3 aromatic heterocycles.